The van der Waals surface area contributed by atoms with Gasteiger partial charge in [-0.05, 0) is 49.4 Å². The maximum Gasteiger partial charge on any atom is 0.268 e. The molecule has 2 heterocycles. The highest BCUT2D eigenvalue weighted by atomic mass is 16.5. The number of imidazole rings is 1. The molecule has 0 aliphatic heterocycles. The first-order chi connectivity index (χ1) is 14.5. The molecule has 1 atom stereocenters. The third kappa shape index (κ3) is 5.42. The van der Waals surface area contributed by atoms with Crippen LogP contribution in [0.25, 0.3) is 10.9 Å². The van der Waals surface area contributed by atoms with Gasteiger partial charge in [-0.1, -0.05) is 26.2 Å². The van der Waals surface area contributed by atoms with Crippen molar-refractivity contribution in [2.24, 2.45) is 12.8 Å². The van der Waals surface area contributed by atoms with Crippen LogP contribution in [0, 0.1) is 0 Å². The molecule has 0 bridgehead atoms. The summed E-state index contributed by atoms with van der Waals surface area (Å²) in [5.74, 6) is 0.309. The van der Waals surface area contributed by atoms with E-state index >= 15 is 0 Å². The lowest BCUT2D eigenvalue weighted by atomic mass is 10.1. The first kappa shape index (κ1) is 21.9. The van der Waals surface area contributed by atoms with E-state index in [0.717, 1.165) is 31.6 Å². The number of amides is 1. The van der Waals surface area contributed by atoms with E-state index in [1.807, 2.05) is 13.1 Å². The number of primary amides is 1. The number of nitrogens with zero attached hydrogens (tertiary/aromatic N) is 3. The van der Waals surface area contributed by atoms with Crippen molar-refractivity contribution in [3.63, 3.8) is 0 Å². The number of unbranched alkanes of at least 4 members (excludes halogenated alkanes) is 3. The summed E-state index contributed by atoms with van der Waals surface area (Å²) in [6.07, 6.45) is 11.3. The second-order valence-electron chi connectivity index (χ2n) is 7.80. The van der Waals surface area contributed by atoms with Gasteiger partial charge in [-0.15, -0.1) is 0 Å². The zero-order chi connectivity index (χ0) is 21.5. The fourth-order valence-corrected chi connectivity index (χ4v) is 3.71. The molecule has 0 aliphatic carbocycles. The van der Waals surface area contributed by atoms with E-state index in [1.165, 1.54) is 52.8 Å². The summed E-state index contributed by atoms with van der Waals surface area (Å²) < 4.78 is 9.60. The Morgan fingerprint density at radius 3 is 2.80 bits per heavy atom. The summed E-state index contributed by atoms with van der Waals surface area (Å²) in [4.78, 5) is 15.1. The Bertz CT molecular complexity index is 976. The van der Waals surface area contributed by atoms with Gasteiger partial charge < -0.3 is 24.7 Å². The topological polar surface area (TPSA) is 95.3 Å². The second kappa shape index (κ2) is 10.3. The van der Waals surface area contributed by atoms with Crippen molar-refractivity contribution in [3.8, 4) is 5.75 Å². The monoisotopic (exact) mass is 412 g/mol. The van der Waals surface area contributed by atoms with E-state index in [9.17, 15) is 9.90 Å². The number of fused-ring (bicyclic) bond motifs is 1. The van der Waals surface area contributed by atoms with Crippen molar-refractivity contribution in [2.75, 3.05) is 6.61 Å². The zero-order valence-electron chi connectivity index (χ0n) is 17.9. The number of hydrogen-bond acceptors (Lipinski definition) is 4. The van der Waals surface area contributed by atoms with Gasteiger partial charge in [0.2, 0.25) is 0 Å². The van der Waals surface area contributed by atoms with E-state index < -0.39 is 12.1 Å². The highest BCUT2D eigenvalue weighted by molar-refractivity contribution is 5.90. The molecule has 0 saturated carbocycles. The predicted octanol–water partition coefficient (Wildman–Crippen LogP) is 3.95. The van der Waals surface area contributed by atoms with Crippen LogP contribution >= 0.6 is 0 Å². The van der Waals surface area contributed by atoms with E-state index in [1.54, 1.807) is 0 Å². The Hall–Kier alpha value is -2.80. The van der Waals surface area contributed by atoms with Crippen LogP contribution in [0.3, 0.4) is 0 Å². The quantitative estimate of drug-likeness (QED) is 0.440. The van der Waals surface area contributed by atoms with Gasteiger partial charge in [-0.2, -0.15) is 0 Å². The number of aliphatic hydroxyl groups is 1. The van der Waals surface area contributed by atoms with Crippen molar-refractivity contribution in [1.29, 1.82) is 0 Å². The number of aryl methyl sites for hydroxylation is 2. The highest BCUT2D eigenvalue weighted by Gasteiger charge is 2.12. The van der Waals surface area contributed by atoms with Crippen molar-refractivity contribution < 1.29 is 14.6 Å². The van der Waals surface area contributed by atoms with Crippen LogP contribution < -0.4 is 10.5 Å². The van der Waals surface area contributed by atoms with Crippen molar-refractivity contribution >= 4 is 16.8 Å². The minimum atomic E-state index is -0.734. The lowest BCUT2D eigenvalue weighted by Crippen LogP contribution is -2.11. The molecule has 0 saturated heterocycles. The van der Waals surface area contributed by atoms with E-state index in [0.29, 0.717) is 6.42 Å². The maximum atomic E-state index is 11.2. The van der Waals surface area contributed by atoms with Crippen LogP contribution in [0.2, 0.25) is 0 Å². The molecule has 7 heteroatoms. The molecule has 7 nitrogen and oxygen atoms in total. The smallest absolute Gasteiger partial charge is 0.268 e. The van der Waals surface area contributed by atoms with Crippen LogP contribution in [0.1, 0.15) is 67.7 Å². The highest BCUT2D eigenvalue weighted by Crippen LogP contribution is 2.27. The largest absolute Gasteiger partial charge is 0.494 e. The number of nitrogens with two attached hydrogens (primary N) is 1. The molecular weight excluding hydrogens is 380 g/mol. The van der Waals surface area contributed by atoms with Crippen LogP contribution in [-0.2, 0) is 13.5 Å². The van der Waals surface area contributed by atoms with Gasteiger partial charge in [0.05, 0.1) is 12.9 Å². The summed E-state index contributed by atoms with van der Waals surface area (Å²) in [6, 6.07) is 6.26. The Morgan fingerprint density at radius 1 is 1.23 bits per heavy atom. The van der Waals surface area contributed by atoms with Gasteiger partial charge in [0.25, 0.3) is 5.91 Å². The number of benzene rings is 1. The summed E-state index contributed by atoms with van der Waals surface area (Å²) in [5, 5.41) is 11.6. The molecule has 0 radical (unpaired) electrons. The number of rotatable bonds is 12. The van der Waals surface area contributed by atoms with E-state index in [-0.39, 0.29) is 5.69 Å². The predicted molar refractivity (Wildman–Crippen MR) is 117 cm³/mol. The Morgan fingerprint density at radius 2 is 2.07 bits per heavy atom. The normalized spacial score (nSPS) is 12.4. The van der Waals surface area contributed by atoms with Crippen LogP contribution in [-0.4, -0.2) is 31.7 Å². The molecule has 3 N–H and O–H groups in total. The molecule has 1 aromatic carbocycles. The summed E-state index contributed by atoms with van der Waals surface area (Å²) in [5.41, 5.74) is 7.78. The summed E-state index contributed by atoms with van der Waals surface area (Å²) in [7, 11) is 2.04. The third-order valence-electron chi connectivity index (χ3n) is 5.42. The number of ether oxygens (including phenoxy) is 1. The number of carbonyl (C=O) groups is 1. The molecule has 3 aromatic rings. The van der Waals surface area contributed by atoms with Crippen LogP contribution in [0.4, 0.5) is 0 Å². The fourth-order valence-electron chi connectivity index (χ4n) is 3.71. The zero-order valence-corrected chi connectivity index (χ0v) is 17.9. The first-order valence-electron chi connectivity index (χ1n) is 10.7. The van der Waals surface area contributed by atoms with Gasteiger partial charge in [-0.25, -0.2) is 4.98 Å². The van der Waals surface area contributed by atoms with Crippen molar-refractivity contribution in [1.82, 2.24) is 14.1 Å². The number of aromatic nitrogens is 3. The fraction of sp³-hybridized carbons (Fsp3) is 0.478. The average molecular weight is 413 g/mol. The summed E-state index contributed by atoms with van der Waals surface area (Å²) in [6.45, 7) is 2.95. The van der Waals surface area contributed by atoms with E-state index in [4.69, 9.17) is 10.5 Å². The molecular formula is C23H32N4O3. The molecule has 30 heavy (non-hydrogen) atoms. The molecule has 0 aliphatic rings. The van der Waals surface area contributed by atoms with Crippen LogP contribution in [0.15, 0.2) is 36.9 Å². The van der Waals surface area contributed by atoms with Crippen molar-refractivity contribution in [2.45, 2.75) is 58.1 Å². The van der Waals surface area contributed by atoms with Crippen molar-refractivity contribution in [3.05, 3.63) is 48.2 Å². The molecule has 162 valence electrons. The number of carbonyl (C=O) groups excluding carboxylic acids is 1. The van der Waals surface area contributed by atoms with Crippen LogP contribution in [0.5, 0.6) is 5.75 Å². The Balaban J connectivity index is 1.59. The van der Waals surface area contributed by atoms with Gasteiger partial charge in [0.1, 0.15) is 17.7 Å². The lowest BCUT2D eigenvalue weighted by Gasteiger charge is -2.11. The second-order valence-corrected chi connectivity index (χ2v) is 7.80. The minimum absolute atomic E-state index is 0.158. The lowest BCUT2D eigenvalue weighted by molar-refractivity contribution is 0.0918. The Labute approximate surface area is 177 Å². The molecule has 0 unspecified atom stereocenters. The summed E-state index contributed by atoms with van der Waals surface area (Å²) >= 11 is 0. The van der Waals surface area contributed by atoms with Gasteiger partial charge in [0.15, 0.2) is 0 Å². The van der Waals surface area contributed by atoms with Gasteiger partial charge in [-0.3, -0.25) is 4.79 Å². The minimum Gasteiger partial charge on any atom is -0.494 e. The molecule has 2 aromatic heterocycles. The SMILES string of the molecule is CCCCCCOc1ccc2c(c1)c(CCC[C@@H](O)n1cnc(C(N)=O)c1)cn2C. The van der Waals surface area contributed by atoms with E-state index in [2.05, 4.69) is 34.8 Å². The number of hydrogen-bond donors (Lipinski definition) is 2. The molecule has 0 fully saturated rings. The molecule has 0 spiro atoms. The molecule has 1 amide bonds. The van der Waals surface area contributed by atoms with Gasteiger partial charge >= 0.3 is 0 Å². The van der Waals surface area contributed by atoms with Gasteiger partial charge in [0, 0.05) is 30.3 Å². The first-order valence-corrected chi connectivity index (χ1v) is 10.7. The molecule has 3 rings (SSSR count). The third-order valence-corrected chi connectivity index (χ3v) is 5.42. The standard InChI is InChI=1S/C23H32N4O3/c1-3-4-5-6-12-30-18-10-11-21-19(13-18)17(14-26(21)2)8-7-9-22(28)27-15-20(23(24)29)25-16-27/h10-11,13-16,22,28H,3-9,12H2,1-2H3,(H2,24,29)/t22-/m1/s1. The number of aliphatic hydroxyl groups excluding tert-OH is 1. The average Bonchev–Trinajstić information content (AvgIpc) is 3.34. The maximum absolute atomic E-state index is 11.2. The Kier molecular flexibility index (Phi) is 7.52.